The molecule has 0 heterocycles. The fourth-order valence-corrected chi connectivity index (χ4v) is 1.73. The highest BCUT2D eigenvalue weighted by molar-refractivity contribution is 7.72. The van der Waals surface area contributed by atoms with Crippen LogP contribution in [0.2, 0.25) is 0 Å². The van der Waals surface area contributed by atoms with Crippen LogP contribution in [-0.4, -0.2) is 18.7 Å². The zero-order valence-electron chi connectivity index (χ0n) is 7.85. The van der Waals surface area contributed by atoms with Gasteiger partial charge in [-0.3, -0.25) is 18.4 Å². The second kappa shape index (κ2) is 6.49. The Morgan fingerprint density at radius 1 is 1.14 bits per heavy atom. The summed E-state index contributed by atoms with van der Waals surface area (Å²) in [6.45, 7) is 9.91. The maximum atomic E-state index is 11.7. The van der Waals surface area contributed by atoms with E-state index in [2.05, 4.69) is 19.7 Å². The van der Waals surface area contributed by atoms with Gasteiger partial charge in [0.2, 0.25) is 0 Å². The Kier molecular flexibility index (Phi) is 6.04. The van der Waals surface area contributed by atoms with Gasteiger partial charge in [0.15, 0.2) is 0 Å². The van der Waals surface area contributed by atoms with Gasteiger partial charge in [0.05, 0.1) is 13.2 Å². The van der Waals surface area contributed by atoms with Crippen LogP contribution < -0.4 is 0 Å². The van der Waals surface area contributed by atoms with Gasteiger partial charge in [0.25, 0.3) is 5.52 Å². The van der Waals surface area contributed by atoms with E-state index in [9.17, 15) is 9.36 Å². The van der Waals surface area contributed by atoms with E-state index in [1.807, 2.05) is 0 Å². The van der Waals surface area contributed by atoms with Gasteiger partial charge in [-0.25, -0.2) is 0 Å². The van der Waals surface area contributed by atoms with Gasteiger partial charge in [-0.2, -0.15) is 0 Å². The van der Waals surface area contributed by atoms with Crippen LogP contribution in [0.1, 0.15) is 0 Å². The predicted octanol–water partition coefficient (Wildman–Crippen LogP) is 2.30. The number of rotatable bonds is 8. The first-order valence-electron chi connectivity index (χ1n) is 3.88. The fraction of sp³-hybridized carbons (Fsp3) is 0.222. The van der Waals surface area contributed by atoms with Gasteiger partial charge in [-0.05, 0) is 6.08 Å². The molecule has 0 rings (SSSR count). The second-order valence-electron chi connectivity index (χ2n) is 2.21. The van der Waals surface area contributed by atoms with Crippen molar-refractivity contribution >= 4 is 13.1 Å². The number of hydrogen-bond acceptors (Lipinski definition) is 4. The maximum absolute atomic E-state index is 11.7. The normalized spacial score (nSPS) is 10.6. The average Bonchev–Trinajstić information content (AvgIpc) is 2.22. The minimum atomic E-state index is -3.74. The molecule has 0 aromatic carbocycles. The average molecular weight is 216 g/mol. The van der Waals surface area contributed by atoms with Crippen molar-refractivity contribution in [3.63, 3.8) is 0 Å². The molecule has 0 saturated heterocycles. The van der Waals surface area contributed by atoms with Crippen molar-refractivity contribution in [3.8, 4) is 0 Å². The van der Waals surface area contributed by atoms with Gasteiger partial charge in [-0.1, -0.05) is 18.7 Å². The van der Waals surface area contributed by atoms with Crippen LogP contribution in [0.3, 0.4) is 0 Å². The summed E-state index contributed by atoms with van der Waals surface area (Å²) in [5.74, 6) is 0. The van der Waals surface area contributed by atoms with Crippen molar-refractivity contribution in [2.45, 2.75) is 0 Å². The third-order valence-electron chi connectivity index (χ3n) is 1.17. The van der Waals surface area contributed by atoms with Crippen molar-refractivity contribution in [3.05, 3.63) is 38.0 Å². The Bertz CT molecular complexity index is 267. The first-order chi connectivity index (χ1) is 6.60. The summed E-state index contributed by atoms with van der Waals surface area (Å²) in [6, 6.07) is 0. The molecule has 0 bridgehead atoms. The number of allylic oxidation sites excluding steroid dienone is 1. The lowest BCUT2D eigenvalue weighted by atomic mass is 10.7. The minimum absolute atomic E-state index is 0.0198. The van der Waals surface area contributed by atoms with Crippen molar-refractivity contribution in [1.29, 1.82) is 0 Å². The van der Waals surface area contributed by atoms with Gasteiger partial charge in [0.1, 0.15) is 0 Å². The highest BCUT2D eigenvalue weighted by Gasteiger charge is 2.31. The molecule has 0 saturated carbocycles. The molecule has 0 N–H and O–H groups in total. The van der Waals surface area contributed by atoms with Crippen molar-refractivity contribution in [2.75, 3.05) is 13.2 Å². The number of carbonyl (C=O) groups excluding carboxylic acids is 1. The Hall–Kier alpha value is -0.960. The van der Waals surface area contributed by atoms with E-state index in [1.165, 1.54) is 12.2 Å². The summed E-state index contributed by atoms with van der Waals surface area (Å²) in [4.78, 5) is 11.1. The van der Waals surface area contributed by atoms with E-state index >= 15 is 0 Å². The summed E-state index contributed by atoms with van der Waals surface area (Å²) < 4.78 is 21.3. The lowest BCUT2D eigenvalue weighted by Crippen LogP contribution is -2.04. The van der Waals surface area contributed by atoms with Crippen molar-refractivity contribution < 1.29 is 18.4 Å². The molecule has 0 aliphatic heterocycles. The molecule has 0 amide bonds. The highest BCUT2D eigenvalue weighted by Crippen LogP contribution is 2.49. The summed E-state index contributed by atoms with van der Waals surface area (Å²) in [7, 11) is -3.74. The first kappa shape index (κ1) is 13.0. The van der Waals surface area contributed by atoms with Crippen molar-refractivity contribution in [2.24, 2.45) is 0 Å². The molecule has 0 aromatic heterocycles. The maximum Gasteiger partial charge on any atom is 0.401 e. The molecule has 78 valence electrons. The lowest BCUT2D eigenvalue weighted by molar-refractivity contribution is -0.109. The van der Waals surface area contributed by atoms with Gasteiger partial charge in [0, 0.05) is 0 Å². The molecule has 0 radical (unpaired) electrons. The van der Waals surface area contributed by atoms with Crippen LogP contribution in [0.5, 0.6) is 0 Å². The SMILES string of the molecule is C=CCOP(=O)(OCC=C)C(=O)C=C. The molecule has 0 aromatic rings. The lowest BCUT2D eigenvalue weighted by Gasteiger charge is -2.13. The smallest absolute Gasteiger partial charge is 0.299 e. The van der Waals surface area contributed by atoms with E-state index in [-0.39, 0.29) is 13.2 Å². The molecule has 0 aliphatic carbocycles. The van der Waals surface area contributed by atoms with Crippen LogP contribution >= 0.6 is 7.60 Å². The molecule has 0 unspecified atom stereocenters. The third-order valence-corrected chi connectivity index (χ3v) is 2.87. The quantitative estimate of drug-likeness (QED) is 0.355. The van der Waals surface area contributed by atoms with E-state index in [4.69, 9.17) is 9.05 Å². The number of hydrogen-bond donors (Lipinski definition) is 0. The van der Waals surface area contributed by atoms with E-state index in [1.54, 1.807) is 0 Å². The first-order valence-corrected chi connectivity index (χ1v) is 5.43. The highest BCUT2D eigenvalue weighted by atomic mass is 31.2. The topological polar surface area (TPSA) is 52.6 Å². The molecule has 0 aliphatic rings. The Morgan fingerprint density at radius 2 is 1.57 bits per heavy atom. The largest absolute Gasteiger partial charge is 0.401 e. The van der Waals surface area contributed by atoms with Gasteiger partial charge < -0.3 is 0 Å². The zero-order chi connectivity index (χ0) is 11.0. The molecule has 0 fully saturated rings. The summed E-state index contributed by atoms with van der Waals surface area (Å²) in [5.41, 5.74) is -0.763. The Balaban J connectivity index is 4.55. The van der Waals surface area contributed by atoms with Crippen LogP contribution in [0.25, 0.3) is 0 Å². The van der Waals surface area contributed by atoms with Crippen LogP contribution in [0, 0.1) is 0 Å². The fourth-order valence-electron chi connectivity index (χ4n) is 0.578. The molecular weight excluding hydrogens is 203 g/mol. The molecule has 0 spiro atoms. The minimum Gasteiger partial charge on any atom is -0.299 e. The molecule has 4 nitrogen and oxygen atoms in total. The van der Waals surface area contributed by atoms with E-state index < -0.39 is 13.1 Å². The standard InChI is InChI=1S/C9H13O4P/c1-4-7-12-14(11,9(10)6-3)13-8-5-2/h4-6H,1-3,7-8H2. The van der Waals surface area contributed by atoms with Crippen molar-refractivity contribution in [1.82, 2.24) is 0 Å². The van der Waals surface area contributed by atoms with E-state index in [0.717, 1.165) is 6.08 Å². The van der Waals surface area contributed by atoms with Gasteiger partial charge in [-0.15, -0.1) is 13.2 Å². The molecule has 0 atom stereocenters. The summed E-state index contributed by atoms with van der Waals surface area (Å²) >= 11 is 0. The number of carbonyl (C=O) groups is 1. The molecule has 14 heavy (non-hydrogen) atoms. The Labute approximate surface area is 83.4 Å². The molecule has 5 heteroatoms. The summed E-state index contributed by atoms with van der Waals surface area (Å²) in [6.07, 6.45) is 3.66. The zero-order valence-corrected chi connectivity index (χ0v) is 8.74. The second-order valence-corrected chi connectivity index (χ2v) is 4.16. The Morgan fingerprint density at radius 3 is 1.86 bits per heavy atom. The summed E-state index contributed by atoms with van der Waals surface area (Å²) in [5, 5.41) is 0. The monoisotopic (exact) mass is 216 g/mol. The van der Waals surface area contributed by atoms with Gasteiger partial charge >= 0.3 is 7.60 Å². The van der Waals surface area contributed by atoms with Crippen LogP contribution in [0.15, 0.2) is 38.0 Å². The predicted molar refractivity (Wildman–Crippen MR) is 55.1 cm³/mol. The molecular formula is C9H13O4P. The van der Waals surface area contributed by atoms with Crippen LogP contribution in [-0.2, 0) is 18.4 Å². The van der Waals surface area contributed by atoms with Crippen LogP contribution in [0.4, 0.5) is 0 Å². The van der Waals surface area contributed by atoms with E-state index in [0.29, 0.717) is 0 Å². The third kappa shape index (κ3) is 3.83.